The number of carbonyl (C=O) groups is 1. The van der Waals surface area contributed by atoms with Crippen molar-refractivity contribution in [2.24, 2.45) is 17.8 Å². The molecule has 1 saturated carbocycles. The van der Waals surface area contributed by atoms with Crippen LogP contribution in [0, 0.1) is 17.8 Å². The quantitative estimate of drug-likeness (QED) is 0.684. The molecule has 0 spiro atoms. The summed E-state index contributed by atoms with van der Waals surface area (Å²) in [6.07, 6.45) is 2.02. The van der Waals surface area contributed by atoms with Crippen LogP contribution in [0.25, 0.3) is 0 Å². The lowest BCUT2D eigenvalue weighted by Gasteiger charge is -2.33. The standard InChI is InChI=1S/C10H17NO/c1-6(2)3-9(12)10-7-4-8(10)11-5-7/h6-8,10-11H,3-5H2,1-2H3. The third-order valence-corrected chi connectivity index (χ3v) is 3.12. The number of carbonyl (C=O) groups excluding carboxylic acids is 1. The van der Waals surface area contributed by atoms with E-state index in [1.165, 1.54) is 6.42 Å². The number of nitrogens with one attached hydrogen (secondary N) is 1. The Hall–Kier alpha value is -0.370. The predicted octanol–water partition coefficient (Wildman–Crippen LogP) is 1.21. The lowest BCUT2D eigenvalue weighted by molar-refractivity contribution is -0.127. The molecule has 2 aliphatic heterocycles. The molecule has 3 unspecified atom stereocenters. The van der Waals surface area contributed by atoms with Gasteiger partial charge < -0.3 is 5.32 Å². The molecule has 0 aromatic carbocycles. The van der Waals surface area contributed by atoms with E-state index in [4.69, 9.17) is 0 Å². The fraction of sp³-hybridized carbons (Fsp3) is 0.900. The van der Waals surface area contributed by atoms with Crippen molar-refractivity contribution in [2.75, 3.05) is 6.54 Å². The van der Waals surface area contributed by atoms with Crippen LogP contribution in [0.1, 0.15) is 26.7 Å². The van der Waals surface area contributed by atoms with Crippen molar-refractivity contribution in [1.29, 1.82) is 0 Å². The fourth-order valence-electron chi connectivity index (χ4n) is 2.50. The molecule has 1 N–H and O–H groups in total. The van der Waals surface area contributed by atoms with Crippen molar-refractivity contribution in [1.82, 2.24) is 5.32 Å². The summed E-state index contributed by atoms with van der Waals surface area (Å²) in [6.45, 7) is 5.32. The predicted molar refractivity (Wildman–Crippen MR) is 47.8 cm³/mol. The zero-order valence-corrected chi connectivity index (χ0v) is 7.84. The van der Waals surface area contributed by atoms with Gasteiger partial charge >= 0.3 is 0 Å². The summed E-state index contributed by atoms with van der Waals surface area (Å²) >= 11 is 0. The minimum Gasteiger partial charge on any atom is -0.313 e. The van der Waals surface area contributed by atoms with Gasteiger partial charge in [0.15, 0.2) is 0 Å². The maximum atomic E-state index is 11.7. The Bertz CT molecular complexity index is 186. The number of ketones is 1. The van der Waals surface area contributed by atoms with Gasteiger partial charge in [0, 0.05) is 18.4 Å². The summed E-state index contributed by atoms with van der Waals surface area (Å²) < 4.78 is 0. The van der Waals surface area contributed by atoms with E-state index in [0.29, 0.717) is 29.6 Å². The Balaban J connectivity index is 1.89. The summed E-state index contributed by atoms with van der Waals surface area (Å²) in [7, 11) is 0. The lowest BCUT2D eigenvalue weighted by Crippen LogP contribution is -2.42. The Morgan fingerprint density at radius 3 is 2.75 bits per heavy atom. The molecule has 1 aliphatic carbocycles. The molecule has 3 aliphatic rings. The topological polar surface area (TPSA) is 29.1 Å². The van der Waals surface area contributed by atoms with Crippen molar-refractivity contribution in [2.45, 2.75) is 32.7 Å². The third kappa shape index (κ3) is 1.18. The van der Waals surface area contributed by atoms with E-state index in [1.54, 1.807) is 0 Å². The molecule has 0 radical (unpaired) electrons. The molecule has 2 saturated heterocycles. The SMILES string of the molecule is CC(C)CC(=O)C1C2CNC1C2. The second-order valence-electron chi connectivity index (χ2n) is 4.60. The van der Waals surface area contributed by atoms with Gasteiger partial charge in [-0.25, -0.2) is 0 Å². The molecule has 2 heterocycles. The fourth-order valence-corrected chi connectivity index (χ4v) is 2.50. The van der Waals surface area contributed by atoms with E-state index in [2.05, 4.69) is 19.2 Å². The van der Waals surface area contributed by atoms with E-state index < -0.39 is 0 Å². The summed E-state index contributed by atoms with van der Waals surface area (Å²) in [4.78, 5) is 11.7. The highest BCUT2D eigenvalue weighted by Gasteiger charge is 2.49. The molecule has 0 aromatic heterocycles. The van der Waals surface area contributed by atoms with E-state index in [1.807, 2.05) is 0 Å². The lowest BCUT2D eigenvalue weighted by atomic mass is 9.70. The largest absolute Gasteiger partial charge is 0.313 e. The van der Waals surface area contributed by atoms with Crippen LogP contribution >= 0.6 is 0 Å². The first-order valence-corrected chi connectivity index (χ1v) is 4.94. The van der Waals surface area contributed by atoms with E-state index in [-0.39, 0.29) is 0 Å². The first kappa shape index (κ1) is 8.24. The highest BCUT2D eigenvalue weighted by atomic mass is 16.1. The summed E-state index contributed by atoms with van der Waals surface area (Å²) in [5, 5.41) is 3.38. The molecule has 3 atom stereocenters. The van der Waals surface area contributed by atoms with Crippen molar-refractivity contribution < 1.29 is 4.79 Å². The zero-order valence-electron chi connectivity index (χ0n) is 7.84. The molecule has 2 heteroatoms. The van der Waals surface area contributed by atoms with Crippen LogP contribution in [0.4, 0.5) is 0 Å². The number of rotatable bonds is 3. The maximum Gasteiger partial charge on any atom is 0.138 e. The first-order valence-electron chi connectivity index (χ1n) is 4.94. The summed E-state index contributed by atoms with van der Waals surface area (Å²) in [6, 6.07) is 0.543. The average Bonchev–Trinajstić information content (AvgIpc) is 2.39. The van der Waals surface area contributed by atoms with Crippen LogP contribution in [-0.4, -0.2) is 18.4 Å². The highest BCUT2D eigenvalue weighted by Crippen LogP contribution is 2.41. The van der Waals surface area contributed by atoms with Crippen LogP contribution in [0.15, 0.2) is 0 Å². The van der Waals surface area contributed by atoms with Crippen LogP contribution in [0.3, 0.4) is 0 Å². The second-order valence-corrected chi connectivity index (χ2v) is 4.60. The second kappa shape index (κ2) is 2.84. The van der Waals surface area contributed by atoms with Gasteiger partial charge in [-0.1, -0.05) is 13.8 Å². The van der Waals surface area contributed by atoms with Crippen molar-refractivity contribution in [3.8, 4) is 0 Å². The third-order valence-electron chi connectivity index (χ3n) is 3.12. The molecular weight excluding hydrogens is 150 g/mol. The molecular formula is C10H17NO. The zero-order chi connectivity index (χ0) is 8.72. The summed E-state index contributed by atoms with van der Waals surface area (Å²) in [5.41, 5.74) is 0. The Morgan fingerprint density at radius 1 is 1.58 bits per heavy atom. The van der Waals surface area contributed by atoms with Crippen molar-refractivity contribution in [3.63, 3.8) is 0 Å². The highest BCUT2D eigenvalue weighted by molar-refractivity contribution is 5.83. The van der Waals surface area contributed by atoms with Gasteiger partial charge in [0.25, 0.3) is 0 Å². The van der Waals surface area contributed by atoms with Gasteiger partial charge in [0.05, 0.1) is 0 Å². The van der Waals surface area contributed by atoms with Crippen molar-refractivity contribution >= 4 is 5.78 Å². The first-order chi connectivity index (χ1) is 5.68. The molecule has 12 heavy (non-hydrogen) atoms. The molecule has 0 amide bonds. The smallest absolute Gasteiger partial charge is 0.138 e. The summed E-state index contributed by atoms with van der Waals surface area (Å²) in [5.74, 6) is 2.09. The van der Waals surface area contributed by atoms with Crippen LogP contribution in [0.2, 0.25) is 0 Å². The van der Waals surface area contributed by atoms with Gasteiger partial charge in [0.1, 0.15) is 5.78 Å². The molecule has 0 aromatic rings. The molecule has 3 rings (SSSR count). The Morgan fingerprint density at radius 2 is 2.33 bits per heavy atom. The number of hydrogen-bond acceptors (Lipinski definition) is 2. The van der Waals surface area contributed by atoms with Crippen molar-refractivity contribution in [3.05, 3.63) is 0 Å². The Labute approximate surface area is 73.7 Å². The van der Waals surface area contributed by atoms with Crippen LogP contribution in [0.5, 0.6) is 0 Å². The number of hydrogen-bond donors (Lipinski definition) is 1. The molecule has 2 bridgehead atoms. The molecule has 68 valence electrons. The van der Waals surface area contributed by atoms with Gasteiger partial charge in [-0.3, -0.25) is 4.79 Å². The monoisotopic (exact) mass is 167 g/mol. The number of Topliss-reactive ketones (excluding diaryl/α,β-unsaturated/α-hetero) is 1. The molecule has 2 nitrogen and oxygen atoms in total. The number of fused-ring (bicyclic) bond motifs is 1. The maximum absolute atomic E-state index is 11.7. The average molecular weight is 167 g/mol. The minimum absolute atomic E-state index is 0.382. The van der Waals surface area contributed by atoms with E-state index in [9.17, 15) is 4.79 Å². The Kier molecular flexibility index (Phi) is 1.95. The van der Waals surface area contributed by atoms with Crippen LogP contribution < -0.4 is 5.32 Å². The molecule has 3 fully saturated rings. The van der Waals surface area contributed by atoms with E-state index >= 15 is 0 Å². The minimum atomic E-state index is 0.382. The van der Waals surface area contributed by atoms with Gasteiger partial charge in [0.2, 0.25) is 0 Å². The van der Waals surface area contributed by atoms with Crippen LogP contribution in [-0.2, 0) is 4.79 Å². The normalized spacial score (nSPS) is 38.4. The van der Waals surface area contributed by atoms with Gasteiger partial charge in [-0.05, 0) is 24.8 Å². The van der Waals surface area contributed by atoms with Gasteiger partial charge in [-0.2, -0.15) is 0 Å². The van der Waals surface area contributed by atoms with Gasteiger partial charge in [-0.15, -0.1) is 0 Å². The van der Waals surface area contributed by atoms with E-state index in [0.717, 1.165) is 13.0 Å².